The zero-order valence-corrected chi connectivity index (χ0v) is 18.6. The van der Waals surface area contributed by atoms with E-state index in [4.69, 9.17) is 0 Å². The van der Waals surface area contributed by atoms with Crippen LogP contribution in [0.1, 0.15) is 32.7 Å². The minimum absolute atomic E-state index is 0.211. The lowest BCUT2D eigenvalue weighted by Gasteiger charge is -2.12. The van der Waals surface area contributed by atoms with Crippen molar-refractivity contribution in [2.45, 2.75) is 19.5 Å². The van der Waals surface area contributed by atoms with Gasteiger partial charge in [-0.1, -0.05) is 12.1 Å². The van der Waals surface area contributed by atoms with E-state index < -0.39 is 17.6 Å². The summed E-state index contributed by atoms with van der Waals surface area (Å²) in [6.45, 7) is 1.94. The number of aromatic nitrogens is 4. The van der Waals surface area contributed by atoms with Crippen LogP contribution in [0, 0.1) is 6.92 Å². The minimum Gasteiger partial charge on any atom is -0.283 e. The van der Waals surface area contributed by atoms with Crippen molar-refractivity contribution < 1.29 is 18.0 Å². The SMILES string of the molecule is Cc1ccc(C(=O)n2ccc3ccc(C(F)(F)F)cc32)cc1Cc1ncccc1-c1ccncn1. The van der Waals surface area contributed by atoms with E-state index in [-0.39, 0.29) is 5.52 Å². The highest BCUT2D eigenvalue weighted by molar-refractivity contribution is 6.02. The van der Waals surface area contributed by atoms with Gasteiger partial charge in [-0.15, -0.1) is 0 Å². The Balaban J connectivity index is 1.51. The van der Waals surface area contributed by atoms with Crippen molar-refractivity contribution in [3.8, 4) is 11.3 Å². The molecule has 0 unspecified atom stereocenters. The van der Waals surface area contributed by atoms with Gasteiger partial charge in [-0.2, -0.15) is 13.2 Å². The van der Waals surface area contributed by atoms with Gasteiger partial charge < -0.3 is 0 Å². The maximum absolute atomic E-state index is 13.3. The van der Waals surface area contributed by atoms with Crippen molar-refractivity contribution in [3.63, 3.8) is 0 Å². The maximum atomic E-state index is 13.3. The number of benzene rings is 2. The lowest BCUT2D eigenvalue weighted by Crippen LogP contribution is -2.12. The summed E-state index contributed by atoms with van der Waals surface area (Å²) >= 11 is 0. The second-order valence-corrected chi connectivity index (χ2v) is 8.17. The number of hydrogen-bond acceptors (Lipinski definition) is 4. The molecule has 0 amide bonds. The van der Waals surface area contributed by atoms with Gasteiger partial charge in [0.2, 0.25) is 0 Å². The third-order valence-electron chi connectivity index (χ3n) is 5.94. The Bertz CT molecular complexity index is 1540. The van der Waals surface area contributed by atoms with Crippen LogP contribution in [0.2, 0.25) is 0 Å². The smallest absolute Gasteiger partial charge is 0.283 e. The van der Waals surface area contributed by atoms with Crippen LogP contribution in [0.3, 0.4) is 0 Å². The van der Waals surface area contributed by atoms with Crippen LogP contribution in [0.25, 0.3) is 22.2 Å². The summed E-state index contributed by atoms with van der Waals surface area (Å²) in [6, 6.07) is 15.9. The van der Waals surface area contributed by atoms with Crippen molar-refractivity contribution in [1.82, 2.24) is 19.5 Å². The van der Waals surface area contributed by atoms with Gasteiger partial charge in [-0.05, 0) is 66.6 Å². The van der Waals surface area contributed by atoms with Crippen LogP contribution < -0.4 is 0 Å². The van der Waals surface area contributed by atoms with Gasteiger partial charge >= 0.3 is 6.18 Å². The summed E-state index contributed by atoms with van der Waals surface area (Å²) in [5, 5.41) is 0.557. The fourth-order valence-electron chi connectivity index (χ4n) is 4.06. The first-order chi connectivity index (χ1) is 16.8. The molecule has 2 aromatic carbocycles. The topological polar surface area (TPSA) is 60.7 Å². The molecule has 0 bridgehead atoms. The molecule has 0 spiro atoms. The van der Waals surface area contributed by atoms with Crippen LogP contribution in [-0.2, 0) is 12.6 Å². The second kappa shape index (κ2) is 8.79. The van der Waals surface area contributed by atoms with Gasteiger partial charge in [-0.25, -0.2) is 9.97 Å². The summed E-state index contributed by atoms with van der Waals surface area (Å²) in [7, 11) is 0. The molecule has 0 radical (unpaired) electrons. The normalized spacial score (nSPS) is 11.7. The number of carbonyl (C=O) groups is 1. The van der Waals surface area contributed by atoms with Gasteiger partial charge in [0.1, 0.15) is 6.33 Å². The molecule has 3 heterocycles. The van der Waals surface area contributed by atoms with Crippen molar-refractivity contribution >= 4 is 16.8 Å². The van der Waals surface area contributed by atoms with E-state index >= 15 is 0 Å². The van der Waals surface area contributed by atoms with Gasteiger partial charge in [-0.3, -0.25) is 14.3 Å². The Hall–Kier alpha value is -4.33. The van der Waals surface area contributed by atoms with E-state index in [0.717, 1.165) is 40.2 Å². The summed E-state index contributed by atoms with van der Waals surface area (Å²) in [4.78, 5) is 26.1. The van der Waals surface area contributed by atoms with Crippen LogP contribution in [-0.4, -0.2) is 25.4 Å². The fraction of sp³-hybridized carbons (Fsp3) is 0.111. The highest BCUT2D eigenvalue weighted by atomic mass is 19.4. The van der Waals surface area contributed by atoms with E-state index in [0.29, 0.717) is 17.4 Å². The van der Waals surface area contributed by atoms with E-state index in [1.807, 2.05) is 25.1 Å². The maximum Gasteiger partial charge on any atom is 0.416 e. The van der Waals surface area contributed by atoms with E-state index in [2.05, 4.69) is 15.0 Å². The average Bonchev–Trinajstić information content (AvgIpc) is 3.29. The number of alkyl halides is 3. The number of fused-ring (bicyclic) bond motifs is 1. The van der Waals surface area contributed by atoms with E-state index in [1.54, 1.807) is 36.7 Å². The summed E-state index contributed by atoms with van der Waals surface area (Å²) < 4.78 is 40.9. The zero-order valence-electron chi connectivity index (χ0n) is 18.6. The first kappa shape index (κ1) is 22.5. The molecule has 5 rings (SSSR count). The number of pyridine rings is 1. The average molecular weight is 472 g/mol. The van der Waals surface area contributed by atoms with Crippen LogP contribution >= 0.6 is 0 Å². The van der Waals surface area contributed by atoms with Crippen molar-refractivity contribution in [3.05, 3.63) is 114 Å². The van der Waals surface area contributed by atoms with Gasteiger partial charge in [0.25, 0.3) is 5.91 Å². The molecule has 35 heavy (non-hydrogen) atoms. The Morgan fingerprint density at radius 3 is 2.60 bits per heavy atom. The summed E-state index contributed by atoms with van der Waals surface area (Å²) in [5.74, 6) is -0.405. The standard InChI is InChI=1S/C27H19F3N4O/c1-17-4-5-19(26(35)34-12-9-18-6-7-21(15-25(18)34)27(28,29)30)13-20(17)14-24-22(3-2-10-32-24)23-8-11-31-16-33-23/h2-13,15-16H,14H2,1H3. The van der Waals surface area contributed by atoms with Crippen LogP contribution in [0.4, 0.5) is 13.2 Å². The molecule has 0 N–H and O–H groups in total. The monoisotopic (exact) mass is 472 g/mol. The molecule has 0 saturated carbocycles. The van der Waals surface area contributed by atoms with E-state index in [9.17, 15) is 18.0 Å². The van der Waals surface area contributed by atoms with Gasteiger partial charge in [0, 0.05) is 41.5 Å². The summed E-state index contributed by atoms with van der Waals surface area (Å²) in [6.07, 6.45) is 2.30. The number of rotatable bonds is 4. The third-order valence-corrected chi connectivity index (χ3v) is 5.94. The van der Waals surface area contributed by atoms with Crippen molar-refractivity contribution in [2.24, 2.45) is 0 Å². The molecule has 0 saturated heterocycles. The molecule has 0 aliphatic rings. The molecule has 174 valence electrons. The van der Waals surface area contributed by atoms with Crippen molar-refractivity contribution in [2.75, 3.05) is 0 Å². The predicted molar refractivity (Wildman–Crippen MR) is 126 cm³/mol. The molecule has 5 nitrogen and oxygen atoms in total. The van der Waals surface area contributed by atoms with Crippen molar-refractivity contribution in [1.29, 1.82) is 0 Å². The lowest BCUT2D eigenvalue weighted by molar-refractivity contribution is -0.137. The van der Waals surface area contributed by atoms with Crippen LogP contribution in [0.15, 0.2) is 85.6 Å². The number of hydrogen-bond donors (Lipinski definition) is 0. The van der Waals surface area contributed by atoms with Gasteiger partial charge in [0.15, 0.2) is 0 Å². The van der Waals surface area contributed by atoms with E-state index in [1.165, 1.54) is 23.2 Å². The molecule has 5 aromatic rings. The molecular formula is C27H19F3N4O. The first-order valence-electron chi connectivity index (χ1n) is 10.8. The molecular weight excluding hydrogens is 453 g/mol. The molecule has 8 heteroatoms. The van der Waals surface area contributed by atoms with Gasteiger partial charge in [0.05, 0.1) is 22.5 Å². The lowest BCUT2D eigenvalue weighted by atomic mass is 9.97. The predicted octanol–water partition coefficient (Wildman–Crippen LogP) is 6.10. The Labute approximate surface area is 198 Å². The Morgan fingerprint density at radius 2 is 1.83 bits per heavy atom. The Kier molecular flexibility index (Phi) is 5.64. The number of aryl methyl sites for hydroxylation is 1. The molecule has 0 aliphatic carbocycles. The van der Waals surface area contributed by atoms with Crippen LogP contribution in [0.5, 0.6) is 0 Å². The highest BCUT2D eigenvalue weighted by Gasteiger charge is 2.31. The second-order valence-electron chi connectivity index (χ2n) is 8.17. The number of halogens is 3. The zero-order chi connectivity index (χ0) is 24.6. The molecule has 0 aliphatic heterocycles. The fourth-order valence-corrected chi connectivity index (χ4v) is 4.06. The highest BCUT2D eigenvalue weighted by Crippen LogP contribution is 2.32. The first-order valence-corrected chi connectivity index (χ1v) is 10.8. The molecule has 3 aromatic heterocycles. The Morgan fingerprint density at radius 1 is 0.971 bits per heavy atom. The number of nitrogens with zero attached hydrogens (tertiary/aromatic N) is 4. The molecule has 0 atom stereocenters. The quantitative estimate of drug-likeness (QED) is 0.317. The largest absolute Gasteiger partial charge is 0.416 e. The third kappa shape index (κ3) is 4.42. The summed E-state index contributed by atoms with van der Waals surface area (Å²) in [5.41, 5.74) is 4.04. The number of carbonyl (C=O) groups excluding carboxylic acids is 1. The molecule has 0 fully saturated rings. The minimum atomic E-state index is -4.49.